The summed E-state index contributed by atoms with van der Waals surface area (Å²) in [7, 11) is 0. The normalized spacial score (nSPS) is 16.1. The Labute approximate surface area is 93.0 Å². The fourth-order valence-electron chi connectivity index (χ4n) is 1.79. The highest BCUT2D eigenvalue weighted by Crippen LogP contribution is 2.32. The van der Waals surface area contributed by atoms with E-state index in [-0.39, 0.29) is 0 Å². The third-order valence-corrected chi connectivity index (χ3v) is 3.42. The van der Waals surface area contributed by atoms with Crippen molar-refractivity contribution in [2.45, 2.75) is 26.3 Å². The SMILES string of the molecule is Cc1ccc2c(nnn2CC2CC2)c1Cl. The number of halogens is 1. The molecule has 1 aromatic heterocycles. The second-order valence-corrected chi connectivity index (χ2v) is 4.66. The number of fused-ring (bicyclic) bond motifs is 1. The summed E-state index contributed by atoms with van der Waals surface area (Å²) in [5, 5.41) is 9.03. The monoisotopic (exact) mass is 221 g/mol. The van der Waals surface area contributed by atoms with Crippen molar-refractivity contribution in [3.8, 4) is 0 Å². The van der Waals surface area contributed by atoms with Crippen LogP contribution in [-0.4, -0.2) is 15.0 Å². The molecule has 1 heterocycles. The lowest BCUT2D eigenvalue weighted by Crippen LogP contribution is -2.01. The van der Waals surface area contributed by atoms with Gasteiger partial charge in [0.15, 0.2) is 0 Å². The summed E-state index contributed by atoms with van der Waals surface area (Å²) in [4.78, 5) is 0. The zero-order valence-corrected chi connectivity index (χ0v) is 9.33. The van der Waals surface area contributed by atoms with Crippen molar-refractivity contribution in [3.63, 3.8) is 0 Å². The predicted molar refractivity (Wildman–Crippen MR) is 60.0 cm³/mol. The fraction of sp³-hybridized carbons (Fsp3) is 0.455. The molecule has 3 rings (SSSR count). The molecule has 0 amide bonds. The minimum atomic E-state index is 0.731. The van der Waals surface area contributed by atoms with E-state index in [2.05, 4.69) is 16.4 Å². The first-order valence-electron chi connectivity index (χ1n) is 5.24. The smallest absolute Gasteiger partial charge is 0.132 e. The molecule has 78 valence electrons. The molecule has 0 spiro atoms. The second kappa shape index (κ2) is 3.20. The fourth-order valence-corrected chi connectivity index (χ4v) is 1.98. The molecule has 0 unspecified atom stereocenters. The van der Waals surface area contributed by atoms with E-state index in [0.29, 0.717) is 0 Å². The molecule has 1 aliphatic rings. The molecular weight excluding hydrogens is 210 g/mol. The molecule has 0 radical (unpaired) electrons. The van der Waals surface area contributed by atoms with Crippen LogP contribution in [0.4, 0.5) is 0 Å². The van der Waals surface area contributed by atoms with Crippen molar-refractivity contribution in [2.24, 2.45) is 5.92 Å². The molecule has 2 aromatic rings. The van der Waals surface area contributed by atoms with Gasteiger partial charge in [-0.25, -0.2) is 4.68 Å². The van der Waals surface area contributed by atoms with Gasteiger partial charge < -0.3 is 0 Å². The third-order valence-electron chi connectivity index (χ3n) is 2.95. The summed E-state index contributed by atoms with van der Waals surface area (Å²) >= 11 is 6.18. The van der Waals surface area contributed by atoms with E-state index in [0.717, 1.165) is 34.1 Å². The van der Waals surface area contributed by atoms with Gasteiger partial charge in [0, 0.05) is 6.54 Å². The summed E-state index contributed by atoms with van der Waals surface area (Å²) in [6, 6.07) is 4.08. The van der Waals surface area contributed by atoms with Crippen molar-refractivity contribution in [2.75, 3.05) is 0 Å². The van der Waals surface area contributed by atoms with Crippen LogP contribution in [0.2, 0.25) is 5.02 Å². The summed E-state index contributed by atoms with van der Waals surface area (Å²) in [6.07, 6.45) is 2.64. The van der Waals surface area contributed by atoms with Gasteiger partial charge >= 0.3 is 0 Å². The minimum Gasteiger partial charge on any atom is -0.244 e. The summed E-state index contributed by atoms with van der Waals surface area (Å²) in [6.45, 7) is 2.97. The number of hydrogen-bond donors (Lipinski definition) is 0. The van der Waals surface area contributed by atoms with Gasteiger partial charge in [-0.05, 0) is 37.3 Å². The zero-order valence-electron chi connectivity index (χ0n) is 8.57. The highest BCUT2D eigenvalue weighted by Gasteiger charge is 2.23. The average Bonchev–Trinajstić information content (AvgIpc) is 2.93. The Morgan fingerprint density at radius 3 is 3.00 bits per heavy atom. The van der Waals surface area contributed by atoms with Crippen LogP contribution < -0.4 is 0 Å². The molecule has 1 fully saturated rings. The number of aromatic nitrogens is 3. The molecule has 0 saturated heterocycles. The maximum absolute atomic E-state index is 6.18. The van der Waals surface area contributed by atoms with Crippen LogP contribution in [-0.2, 0) is 6.54 Å². The van der Waals surface area contributed by atoms with Crippen LogP contribution in [0, 0.1) is 12.8 Å². The van der Waals surface area contributed by atoms with Gasteiger partial charge in [-0.1, -0.05) is 22.9 Å². The van der Waals surface area contributed by atoms with Crippen LogP contribution >= 0.6 is 11.6 Å². The average molecular weight is 222 g/mol. The Bertz CT molecular complexity index is 514. The zero-order chi connectivity index (χ0) is 10.4. The largest absolute Gasteiger partial charge is 0.244 e. The van der Waals surface area contributed by atoms with E-state index < -0.39 is 0 Å². The molecular formula is C11H12ClN3. The number of benzene rings is 1. The lowest BCUT2D eigenvalue weighted by molar-refractivity contribution is 0.559. The van der Waals surface area contributed by atoms with E-state index in [1.54, 1.807) is 0 Å². The Kier molecular flexibility index (Phi) is 1.96. The summed E-state index contributed by atoms with van der Waals surface area (Å²) in [5.74, 6) is 0.801. The van der Waals surface area contributed by atoms with Crippen molar-refractivity contribution in [1.82, 2.24) is 15.0 Å². The predicted octanol–water partition coefficient (Wildman–Crippen LogP) is 2.80. The molecule has 1 saturated carbocycles. The maximum Gasteiger partial charge on any atom is 0.132 e. The number of aryl methyl sites for hydroxylation is 1. The molecule has 0 aliphatic heterocycles. The van der Waals surface area contributed by atoms with Gasteiger partial charge in [-0.15, -0.1) is 5.10 Å². The quantitative estimate of drug-likeness (QED) is 0.781. The van der Waals surface area contributed by atoms with Crippen LogP contribution in [0.1, 0.15) is 18.4 Å². The molecule has 1 aliphatic carbocycles. The molecule has 0 N–H and O–H groups in total. The van der Waals surface area contributed by atoms with Crippen molar-refractivity contribution < 1.29 is 0 Å². The molecule has 15 heavy (non-hydrogen) atoms. The van der Waals surface area contributed by atoms with Crippen LogP contribution in [0.15, 0.2) is 12.1 Å². The van der Waals surface area contributed by atoms with Crippen molar-refractivity contribution in [3.05, 3.63) is 22.7 Å². The first-order chi connectivity index (χ1) is 7.25. The van der Waals surface area contributed by atoms with Crippen LogP contribution in [0.5, 0.6) is 0 Å². The molecule has 0 atom stereocenters. The van der Waals surface area contributed by atoms with Crippen molar-refractivity contribution in [1.29, 1.82) is 0 Å². The summed E-state index contributed by atoms with van der Waals surface area (Å²) in [5.41, 5.74) is 2.94. The third kappa shape index (κ3) is 1.51. The first kappa shape index (κ1) is 9.16. The standard InChI is InChI=1S/C11H12ClN3/c1-7-2-5-9-11(10(7)12)13-14-15(9)6-8-3-4-8/h2,5,8H,3-4,6H2,1H3. The Morgan fingerprint density at radius 2 is 2.27 bits per heavy atom. The minimum absolute atomic E-state index is 0.731. The molecule has 0 bridgehead atoms. The van der Waals surface area contributed by atoms with E-state index in [9.17, 15) is 0 Å². The highest BCUT2D eigenvalue weighted by atomic mass is 35.5. The number of hydrogen-bond acceptors (Lipinski definition) is 2. The molecule has 1 aromatic carbocycles. The van der Waals surface area contributed by atoms with E-state index >= 15 is 0 Å². The van der Waals surface area contributed by atoms with E-state index in [4.69, 9.17) is 11.6 Å². The van der Waals surface area contributed by atoms with Gasteiger partial charge in [0.1, 0.15) is 5.52 Å². The Morgan fingerprint density at radius 1 is 1.47 bits per heavy atom. The van der Waals surface area contributed by atoms with Crippen LogP contribution in [0.3, 0.4) is 0 Å². The Hall–Kier alpha value is -1.09. The van der Waals surface area contributed by atoms with E-state index in [1.807, 2.05) is 17.7 Å². The molecule has 3 nitrogen and oxygen atoms in total. The van der Waals surface area contributed by atoms with Gasteiger partial charge in [-0.3, -0.25) is 0 Å². The second-order valence-electron chi connectivity index (χ2n) is 4.28. The van der Waals surface area contributed by atoms with Gasteiger partial charge in [-0.2, -0.15) is 0 Å². The van der Waals surface area contributed by atoms with Gasteiger partial charge in [0.25, 0.3) is 0 Å². The van der Waals surface area contributed by atoms with Gasteiger partial charge in [0.2, 0.25) is 0 Å². The maximum atomic E-state index is 6.18. The first-order valence-corrected chi connectivity index (χ1v) is 5.62. The summed E-state index contributed by atoms with van der Waals surface area (Å²) < 4.78 is 1.97. The van der Waals surface area contributed by atoms with Crippen molar-refractivity contribution >= 4 is 22.6 Å². The Balaban J connectivity index is 2.12. The topological polar surface area (TPSA) is 30.7 Å². The van der Waals surface area contributed by atoms with Crippen LogP contribution in [0.25, 0.3) is 11.0 Å². The van der Waals surface area contributed by atoms with Gasteiger partial charge in [0.05, 0.1) is 10.5 Å². The molecule has 4 heteroatoms. The highest BCUT2D eigenvalue weighted by molar-refractivity contribution is 6.35. The number of rotatable bonds is 2. The lowest BCUT2D eigenvalue weighted by Gasteiger charge is -2.01. The number of nitrogens with zero attached hydrogens (tertiary/aromatic N) is 3. The van der Waals surface area contributed by atoms with E-state index in [1.165, 1.54) is 12.8 Å². The lowest BCUT2D eigenvalue weighted by atomic mass is 10.2.